The molecule has 34 heavy (non-hydrogen) atoms. The van der Waals surface area contributed by atoms with Crippen molar-refractivity contribution in [3.63, 3.8) is 0 Å². The summed E-state index contributed by atoms with van der Waals surface area (Å²) in [5.74, 6) is 0.585. The summed E-state index contributed by atoms with van der Waals surface area (Å²) in [6.07, 6.45) is 9.64. The molecule has 5 rings (SSSR count). The van der Waals surface area contributed by atoms with Gasteiger partial charge in [-0.25, -0.2) is 0 Å². The molecule has 1 fully saturated rings. The van der Waals surface area contributed by atoms with Gasteiger partial charge in [0.05, 0.1) is 24.4 Å². The summed E-state index contributed by atoms with van der Waals surface area (Å²) in [6.45, 7) is 1.31. The highest BCUT2D eigenvalue weighted by Gasteiger charge is 2.31. The van der Waals surface area contributed by atoms with Crippen LogP contribution >= 0.6 is 12.2 Å². The van der Waals surface area contributed by atoms with E-state index < -0.39 is 0 Å². The van der Waals surface area contributed by atoms with Gasteiger partial charge < -0.3 is 19.7 Å². The minimum absolute atomic E-state index is 0.0000873. The van der Waals surface area contributed by atoms with Crippen molar-refractivity contribution in [2.45, 2.75) is 62.9 Å². The van der Waals surface area contributed by atoms with Crippen molar-refractivity contribution in [1.29, 1.82) is 0 Å². The fourth-order valence-corrected chi connectivity index (χ4v) is 5.83. The second-order valence-corrected chi connectivity index (χ2v) is 9.87. The maximum atomic E-state index is 12.8. The number of aliphatic imine (C=N–C) groups is 1. The number of nitrogens with one attached hydrogen (secondary N) is 1. The number of aliphatic hydroxyl groups is 1. The molecule has 0 saturated heterocycles. The molecule has 178 valence electrons. The number of aliphatic hydroxyl groups excluding tert-OH is 1. The van der Waals surface area contributed by atoms with E-state index in [2.05, 4.69) is 39.5 Å². The van der Waals surface area contributed by atoms with E-state index in [1.165, 1.54) is 36.8 Å². The standard InChI is InChI=1S/C27H31N3O3S/c31-24-14-19(26-10-5-13-33-26)15-25(32)22(24)16-28-17-23-21-9-4-1-6-18(21)11-12-30(23)27(34)29-20-7-2-3-8-20/h1,4-6,9-10,13,16,19-20,23,31H,2-3,7-8,11-12,14-15,17H2,(H,29,34)/t19?,23-/m0/s1. The Hall–Kier alpha value is -2.93. The molecule has 0 radical (unpaired) electrons. The monoisotopic (exact) mass is 477 g/mol. The molecule has 1 aromatic carbocycles. The highest BCUT2D eigenvalue weighted by molar-refractivity contribution is 7.80. The van der Waals surface area contributed by atoms with Gasteiger partial charge in [0.25, 0.3) is 0 Å². The van der Waals surface area contributed by atoms with Crippen molar-refractivity contribution >= 4 is 29.3 Å². The van der Waals surface area contributed by atoms with Crippen LogP contribution in [0.4, 0.5) is 0 Å². The van der Waals surface area contributed by atoms with Gasteiger partial charge in [0, 0.05) is 37.6 Å². The van der Waals surface area contributed by atoms with Crippen molar-refractivity contribution < 1.29 is 14.3 Å². The van der Waals surface area contributed by atoms with E-state index in [0.29, 0.717) is 31.0 Å². The molecule has 0 amide bonds. The zero-order valence-corrected chi connectivity index (χ0v) is 20.1. The predicted octanol–water partition coefficient (Wildman–Crippen LogP) is 5.03. The van der Waals surface area contributed by atoms with Gasteiger partial charge in [-0.2, -0.15) is 0 Å². The average Bonchev–Trinajstić information content (AvgIpc) is 3.55. The van der Waals surface area contributed by atoms with Gasteiger partial charge >= 0.3 is 0 Å². The zero-order chi connectivity index (χ0) is 23.5. The molecular formula is C27H31N3O3S. The Bertz CT molecular complexity index is 1100. The average molecular weight is 478 g/mol. The number of thiocarbonyl (C=S) groups is 1. The Balaban J connectivity index is 1.32. The van der Waals surface area contributed by atoms with Gasteiger partial charge in [0.1, 0.15) is 11.5 Å². The molecule has 1 saturated carbocycles. The number of fused-ring (bicyclic) bond motifs is 1. The van der Waals surface area contributed by atoms with Crippen molar-refractivity contribution in [3.05, 3.63) is 70.9 Å². The topological polar surface area (TPSA) is 78.1 Å². The number of nitrogens with zero attached hydrogens (tertiary/aromatic N) is 2. The van der Waals surface area contributed by atoms with Crippen LogP contribution in [0.2, 0.25) is 0 Å². The number of Topliss-reactive ketones (excluding diaryl/α,β-unsaturated/α-hetero) is 1. The molecule has 2 N–H and O–H groups in total. The maximum Gasteiger partial charge on any atom is 0.169 e. The fourth-order valence-electron chi connectivity index (χ4n) is 5.44. The largest absolute Gasteiger partial charge is 0.511 e. The Morgan fingerprint density at radius 3 is 2.79 bits per heavy atom. The number of rotatable bonds is 5. The van der Waals surface area contributed by atoms with Crippen LogP contribution in [-0.4, -0.2) is 46.2 Å². The Morgan fingerprint density at radius 1 is 1.21 bits per heavy atom. The molecule has 1 aromatic heterocycles. The van der Waals surface area contributed by atoms with Gasteiger partial charge in [-0.05, 0) is 54.7 Å². The van der Waals surface area contributed by atoms with E-state index in [0.717, 1.165) is 23.8 Å². The first kappa shape index (κ1) is 22.8. The number of benzene rings is 1. The van der Waals surface area contributed by atoms with Crippen LogP contribution in [0.15, 0.2) is 63.4 Å². The van der Waals surface area contributed by atoms with E-state index in [1.54, 1.807) is 18.5 Å². The summed E-state index contributed by atoms with van der Waals surface area (Å²) in [7, 11) is 0. The minimum Gasteiger partial charge on any atom is -0.511 e. The summed E-state index contributed by atoms with van der Waals surface area (Å²) in [5.41, 5.74) is 2.86. The first-order valence-corrected chi connectivity index (χ1v) is 12.6. The lowest BCUT2D eigenvalue weighted by atomic mass is 9.86. The van der Waals surface area contributed by atoms with Crippen LogP contribution < -0.4 is 5.32 Å². The molecule has 2 aromatic rings. The number of hydrogen-bond donors (Lipinski definition) is 2. The van der Waals surface area contributed by atoms with Crippen molar-refractivity contribution in [1.82, 2.24) is 10.2 Å². The third-order valence-corrected chi connectivity index (χ3v) is 7.64. The number of carbonyl (C=O) groups excluding carboxylic acids is 1. The lowest BCUT2D eigenvalue weighted by Crippen LogP contribution is -2.48. The molecule has 1 unspecified atom stereocenters. The fraction of sp³-hybridized carbons (Fsp3) is 0.444. The first-order chi connectivity index (χ1) is 16.6. The molecular weight excluding hydrogens is 446 g/mol. The predicted molar refractivity (Wildman–Crippen MR) is 136 cm³/mol. The quantitative estimate of drug-likeness (QED) is 0.465. The number of furan rings is 1. The van der Waals surface area contributed by atoms with Crippen molar-refractivity contribution in [3.8, 4) is 0 Å². The van der Waals surface area contributed by atoms with Gasteiger partial charge in [-0.1, -0.05) is 37.1 Å². The van der Waals surface area contributed by atoms with E-state index in [4.69, 9.17) is 16.6 Å². The zero-order valence-electron chi connectivity index (χ0n) is 19.3. The lowest BCUT2D eigenvalue weighted by molar-refractivity contribution is -0.116. The van der Waals surface area contributed by atoms with Gasteiger partial charge in [-0.15, -0.1) is 0 Å². The third kappa shape index (κ3) is 4.80. The second kappa shape index (κ2) is 10.1. The molecule has 2 heterocycles. The summed E-state index contributed by atoms with van der Waals surface area (Å²) in [5, 5.41) is 15.0. The Kier molecular flexibility index (Phi) is 6.81. The molecule has 0 spiro atoms. The van der Waals surface area contributed by atoms with Gasteiger partial charge in [-0.3, -0.25) is 9.79 Å². The molecule has 2 aliphatic carbocycles. The molecule has 2 atom stereocenters. The summed E-state index contributed by atoms with van der Waals surface area (Å²) >= 11 is 5.83. The van der Waals surface area contributed by atoms with E-state index in [9.17, 15) is 9.90 Å². The first-order valence-electron chi connectivity index (χ1n) is 12.2. The summed E-state index contributed by atoms with van der Waals surface area (Å²) in [6, 6.07) is 12.6. The Morgan fingerprint density at radius 2 is 2.03 bits per heavy atom. The van der Waals surface area contributed by atoms with Crippen molar-refractivity contribution in [2.75, 3.05) is 13.1 Å². The smallest absolute Gasteiger partial charge is 0.169 e. The third-order valence-electron chi connectivity index (χ3n) is 7.28. The van der Waals surface area contributed by atoms with E-state index in [1.807, 2.05) is 6.07 Å². The van der Waals surface area contributed by atoms with Crippen LogP contribution in [0.5, 0.6) is 0 Å². The molecule has 7 heteroatoms. The number of ketones is 1. The highest BCUT2D eigenvalue weighted by atomic mass is 32.1. The molecule has 6 nitrogen and oxygen atoms in total. The summed E-state index contributed by atoms with van der Waals surface area (Å²) in [4.78, 5) is 19.7. The summed E-state index contributed by atoms with van der Waals surface area (Å²) < 4.78 is 5.44. The van der Waals surface area contributed by atoms with Crippen LogP contribution in [0.25, 0.3) is 0 Å². The van der Waals surface area contributed by atoms with E-state index in [-0.39, 0.29) is 23.5 Å². The van der Waals surface area contributed by atoms with Crippen LogP contribution in [0, 0.1) is 0 Å². The van der Waals surface area contributed by atoms with E-state index >= 15 is 0 Å². The number of hydrogen-bond acceptors (Lipinski definition) is 5. The highest BCUT2D eigenvalue weighted by Crippen LogP contribution is 2.34. The number of allylic oxidation sites excluding steroid dienone is 2. The van der Waals surface area contributed by atoms with Gasteiger partial charge in [0.15, 0.2) is 10.9 Å². The lowest BCUT2D eigenvalue weighted by Gasteiger charge is -2.39. The molecule has 3 aliphatic rings. The van der Waals surface area contributed by atoms with Crippen molar-refractivity contribution in [2.24, 2.45) is 4.99 Å². The van der Waals surface area contributed by atoms with Gasteiger partial charge in [0.2, 0.25) is 0 Å². The van der Waals surface area contributed by atoms with Crippen LogP contribution in [-0.2, 0) is 11.2 Å². The molecule has 1 aliphatic heterocycles. The van der Waals surface area contributed by atoms with Crippen LogP contribution in [0.1, 0.15) is 67.4 Å². The SMILES string of the molecule is O=C1CC(c2ccco2)CC(O)=C1C=NC[C@H]1c2ccccc2CCN1C(=S)NC1CCCC1. The minimum atomic E-state index is -0.126. The van der Waals surface area contributed by atoms with Crippen LogP contribution in [0.3, 0.4) is 0 Å². The normalized spacial score (nSPS) is 23.5. The maximum absolute atomic E-state index is 12.8. The Labute approximate surface area is 205 Å². The second-order valence-electron chi connectivity index (χ2n) is 9.49. The molecule has 0 bridgehead atoms. The number of carbonyl (C=O) groups is 1.